The van der Waals surface area contributed by atoms with Crippen LogP contribution in [-0.4, -0.2) is 17.1 Å². The van der Waals surface area contributed by atoms with Crippen LogP contribution in [0, 0.1) is 11.3 Å². The van der Waals surface area contributed by atoms with Crippen molar-refractivity contribution in [3.05, 3.63) is 40.3 Å². The van der Waals surface area contributed by atoms with Crippen LogP contribution < -0.4 is 5.32 Å². The van der Waals surface area contributed by atoms with Gasteiger partial charge >= 0.3 is 0 Å². The minimum Gasteiger partial charge on any atom is -0.301 e. The average molecular weight is 311 g/mol. The summed E-state index contributed by atoms with van der Waals surface area (Å²) in [5.74, 6) is -0.0936. The Bertz CT molecular complexity index is 664. The van der Waals surface area contributed by atoms with Gasteiger partial charge in [-0.05, 0) is 48.4 Å². The number of aliphatic imine (C=N–C) groups is 1. The van der Waals surface area contributed by atoms with E-state index < -0.39 is 0 Å². The second-order valence-electron chi connectivity index (χ2n) is 5.52. The van der Waals surface area contributed by atoms with Gasteiger partial charge in [0.05, 0.1) is 22.6 Å². The number of carbonyl (C=O) groups excluding carboxylic acids is 1. The quantitative estimate of drug-likeness (QED) is 0.851. The third kappa shape index (κ3) is 3.58. The van der Waals surface area contributed by atoms with Crippen molar-refractivity contribution in [3.63, 3.8) is 0 Å². The fourth-order valence-corrected chi connectivity index (χ4v) is 3.56. The minimum absolute atomic E-state index is 0.0936. The molecule has 1 heterocycles. The summed E-state index contributed by atoms with van der Waals surface area (Å²) in [4.78, 5) is 17.3. The molecule has 0 unspecified atom stereocenters. The van der Waals surface area contributed by atoms with Gasteiger partial charge in [-0.25, -0.2) is 0 Å². The van der Waals surface area contributed by atoms with Crippen LogP contribution in [0.4, 0.5) is 0 Å². The van der Waals surface area contributed by atoms with Gasteiger partial charge in [-0.1, -0.05) is 31.4 Å². The fourth-order valence-electron chi connectivity index (χ4n) is 2.67. The highest BCUT2D eigenvalue weighted by Crippen LogP contribution is 2.28. The van der Waals surface area contributed by atoms with Crippen molar-refractivity contribution < 1.29 is 4.79 Å². The molecule has 112 valence electrons. The molecule has 1 saturated heterocycles. The topological polar surface area (TPSA) is 65.2 Å². The highest BCUT2D eigenvalue weighted by molar-refractivity contribution is 8.18. The number of nitriles is 1. The highest BCUT2D eigenvalue weighted by atomic mass is 32.2. The molecular weight excluding hydrogens is 294 g/mol. The Labute approximate surface area is 134 Å². The lowest BCUT2D eigenvalue weighted by molar-refractivity contribution is -0.115. The predicted molar refractivity (Wildman–Crippen MR) is 89.2 cm³/mol. The molecule has 1 N–H and O–H groups in total. The average Bonchev–Trinajstić information content (AvgIpc) is 2.88. The van der Waals surface area contributed by atoms with Gasteiger partial charge in [0.15, 0.2) is 5.17 Å². The summed E-state index contributed by atoms with van der Waals surface area (Å²) in [6.07, 6.45) is 7.83. The van der Waals surface area contributed by atoms with Crippen molar-refractivity contribution in [2.24, 2.45) is 4.99 Å². The molecule has 0 aromatic heterocycles. The molecule has 1 aromatic carbocycles. The summed E-state index contributed by atoms with van der Waals surface area (Å²) >= 11 is 1.40. The molecule has 1 aliphatic heterocycles. The zero-order valence-corrected chi connectivity index (χ0v) is 13.0. The molecular formula is C17H17N3OS. The lowest BCUT2D eigenvalue weighted by atomic mass is 9.96. The molecule has 22 heavy (non-hydrogen) atoms. The predicted octanol–water partition coefficient (Wildman–Crippen LogP) is 3.45. The van der Waals surface area contributed by atoms with Crippen molar-refractivity contribution in [1.82, 2.24) is 5.32 Å². The van der Waals surface area contributed by atoms with E-state index in [1.807, 2.05) is 18.2 Å². The first kappa shape index (κ1) is 14.9. The lowest BCUT2D eigenvalue weighted by Crippen LogP contribution is -2.22. The first-order valence-corrected chi connectivity index (χ1v) is 8.35. The second kappa shape index (κ2) is 6.80. The number of hydrogen-bond donors (Lipinski definition) is 1. The Balaban J connectivity index is 1.72. The van der Waals surface area contributed by atoms with Crippen molar-refractivity contribution >= 4 is 28.9 Å². The lowest BCUT2D eigenvalue weighted by Gasteiger charge is -2.17. The molecule has 4 nitrogen and oxygen atoms in total. The van der Waals surface area contributed by atoms with Crippen molar-refractivity contribution in [2.75, 3.05) is 0 Å². The van der Waals surface area contributed by atoms with E-state index in [1.54, 1.807) is 12.1 Å². The number of nitrogens with zero attached hydrogens (tertiary/aromatic N) is 2. The van der Waals surface area contributed by atoms with Crippen LogP contribution in [-0.2, 0) is 4.79 Å². The maximum atomic E-state index is 12.0. The van der Waals surface area contributed by atoms with Crippen LogP contribution in [0.15, 0.2) is 34.2 Å². The smallest absolute Gasteiger partial charge is 0.264 e. The van der Waals surface area contributed by atoms with E-state index in [2.05, 4.69) is 16.4 Å². The standard InChI is InChI=1S/C17H17N3OS/c18-11-13-8-6-12(7-9-13)10-15-16(21)20-17(22-15)19-14-4-2-1-3-5-14/h6-10,14H,1-5H2,(H,19,20,21)/b15-10-. The normalized spacial score (nSPS) is 22.8. The molecule has 3 rings (SSSR count). The first-order valence-electron chi connectivity index (χ1n) is 7.53. The Morgan fingerprint density at radius 1 is 1.23 bits per heavy atom. The highest BCUT2D eigenvalue weighted by Gasteiger charge is 2.25. The largest absolute Gasteiger partial charge is 0.301 e. The first-order chi connectivity index (χ1) is 10.7. The number of carbonyl (C=O) groups is 1. The summed E-state index contributed by atoms with van der Waals surface area (Å²) in [5, 5.41) is 12.4. The number of amidine groups is 1. The summed E-state index contributed by atoms with van der Waals surface area (Å²) in [6.45, 7) is 0. The maximum absolute atomic E-state index is 12.0. The third-order valence-electron chi connectivity index (χ3n) is 3.86. The Morgan fingerprint density at radius 3 is 2.64 bits per heavy atom. The summed E-state index contributed by atoms with van der Waals surface area (Å²) in [6, 6.07) is 9.63. The molecule has 5 heteroatoms. The van der Waals surface area contributed by atoms with Crippen molar-refractivity contribution in [1.29, 1.82) is 5.26 Å². The van der Waals surface area contributed by atoms with E-state index in [9.17, 15) is 4.79 Å². The number of nitrogens with one attached hydrogen (secondary N) is 1. The second-order valence-corrected chi connectivity index (χ2v) is 6.56. The Morgan fingerprint density at radius 2 is 1.95 bits per heavy atom. The monoisotopic (exact) mass is 311 g/mol. The van der Waals surface area contributed by atoms with Crippen LogP contribution in [0.2, 0.25) is 0 Å². The fraction of sp³-hybridized carbons (Fsp3) is 0.353. The molecule has 2 aliphatic rings. The van der Waals surface area contributed by atoms with E-state index in [1.165, 1.54) is 31.0 Å². The molecule has 2 fully saturated rings. The number of benzene rings is 1. The Kier molecular flexibility index (Phi) is 4.59. The van der Waals surface area contributed by atoms with Crippen LogP contribution >= 0.6 is 11.8 Å². The molecule has 0 spiro atoms. The summed E-state index contributed by atoms with van der Waals surface area (Å²) < 4.78 is 0. The zero-order chi connectivity index (χ0) is 15.4. The molecule has 0 bridgehead atoms. The van der Waals surface area contributed by atoms with Crippen LogP contribution in [0.3, 0.4) is 0 Å². The molecule has 1 aliphatic carbocycles. The van der Waals surface area contributed by atoms with Gasteiger partial charge in [-0.15, -0.1) is 0 Å². The number of rotatable bonds is 2. The van der Waals surface area contributed by atoms with Crippen molar-refractivity contribution in [2.45, 2.75) is 38.1 Å². The SMILES string of the molecule is N#Cc1ccc(/C=C2\SC(=NC3CCCCC3)NC2=O)cc1. The van der Waals surface area contributed by atoms with Gasteiger partial charge in [0, 0.05) is 0 Å². The third-order valence-corrected chi connectivity index (χ3v) is 4.79. The summed E-state index contributed by atoms with van der Waals surface area (Å²) in [7, 11) is 0. The van der Waals surface area contributed by atoms with Gasteiger partial charge in [-0.2, -0.15) is 5.26 Å². The van der Waals surface area contributed by atoms with Crippen LogP contribution in [0.1, 0.15) is 43.2 Å². The van der Waals surface area contributed by atoms with Gasteiger partial charge in [0.25, 0.3) is 5.91 Å². The Hall–Kier alpha value is -2.06. The van der Waals surface area contributed by atoms with E-state index in [4.69, 9.17) is 5.26 Å². The van der Waals surface area contributed by atoms with Gasteiger partial charge < -0.3 is 5.32 Å². The van der Waals surface area contributed by atoms with E-state index >= 15 is 0 Å². The van der Waals surface area contributed by atoms with Gasteiger partial charge in [0.1, 0.15) is 0 Å². The molecule has 0 radical (unpaired) electrons. The van der Waals surface area contributed by atoms with Gasteiger partial charge in [-0.3, -0.25) is 9.79 Å². The van der Waals surface area contributed by atoms with Crippen LogP contribution in [0.25, 0.3) is 6.08 Å². The molecule has 1 saturated carbocycles. The van der Waals surface area contributed by atoms with E-state index in [-0.39, 0.29) is 5.91 Å². The van der Waals surface area contributed by atoms with Crippen molar-refractivity contribution in [3.8, 4) is 6.07 Å². The maximum Gasteiger partial charge on any atom is 0.264 e. The van der Waals surface area contributed by atoms with E-state index in [0.29, 0.717) is 16.5 Å². The molecule has 1 aromatic rings. The summed E-state index contributed by atoms with van der Waals surface area (Å²) in [5.41, 5.74) is 1.53. The molecule has 0 atom stereocenters. The molecule has 1 amide bonds. The number of thioether (sulfide) groups is 1. The number of hydrogen-bond acceptors (Lipinski definition) is 4. The zero-order valence-electron chi connectivity index (χ0n) is 12.2. The van der Waals surface area contributed by atoms with Gasteiger partial charge in [0.2, 0.25) is 0 Å². The van der Waals surface area contributed by atoms with Crippen LogP contribution in [0.5, 0.6) is 0 Å². The number of amides is 1. The van der Waals surface area contributed by atoms with E-state index in [0.717, 1.165) is 23.6 Å². The minimum atomic E-state index is -0.0936.